The van der Waals surface area contributed by atoms with Crippen molar-refractivity contribution in [3.8, 4) is 11.5 Å². The Kier molecular flexibility index (Phi) is 4.65. The zero-order valence-electron chi connectivity index (χ0n) is 13.6. The Hall–Kier alpha value is -3.35. The van der Waals surface area contributed by atoms with Crippen LogP contribution in [0, 0.1) is 0 Å². The summed E-state index contributed by atoms with van der Waals surface area (Å²) in [6.07, 6.45) is 6.34. The van der Waals surface area contributed by atoms with Crippen molar-refractivity contribution >= 4 is 5.97 Å². The predicted molar refractivity (Wildman–Crippen MR) is 91.1 cm³/mol. The number of para-hydroxylation sites is 1. The number of carbonyl (C=O) groups is 1. The van der Waals surface area contributed by atoms with Crippen LogP contribution in [0.1, 0.15) is 23.3 Å². The minimum absolute atomic E-state index is 0.0292. The van der Waals surface area contributed by atoms with Gasteiger partial charge in [0.05, 0.1) is 18.8 Å². The van der Waals surface area contributed by atoms with Gasteiger partial charge in [0.25, 0.3) is 0 Å². The molecule has 1 aromatic carbocycles. The van der Waals surface area contributed by atoms with E-state index in [0.717, 1.165) is 0 Å². The van der Waals surface area contributed by atoms with E-state index in [9.17, 15) is 14.7 Å². The lowest BCUT2D eigenvalue weighted by molar-refractivity contribution is 0.0693. The first-order chi connectivity index (χ1) is 12.0. The molecule has 3 aromatic rings. The molecule has 1 unspecified atom stereocenters. The SMILES string of the molecule is CC(Cn1cccn1)n1cc(Oc2ccccc2)c(=O)c(C(=O)O)c1. The highest BCUT2D eigenvalue weighted by atomic mass is 16.5. The van der Waals surface area contributed by atoms with Gasteiger partial charge in [0.1, 0.15) is 11.3 Å². The van der Waals surface area contributed by atoms with Crippen LogP contribution >= 0.6 is 0 Å². The lowest BCUT2D eigenvalue weighted by Crippen LogP contribution is -2.22. The number of rotatable bonds is 6. The van der Waals surface area contributed by atoms with E-state index in [1.54, 1.807) is 39.7 Å². The molecular formula is C18H17N3O4. The summed E-state index contributed by atoms with van der Waals surface area (Å²) in [5, 5.41) is 13.5. The van der Waals surface area contributed by atoms with E-state index >= 15 is 0 Å². The highest BCUT2D eigenvalue weighted by Crippen LogP contribution is 2.20. The summed E-state index contributed by atoms with van der Waals surface area (Å²) >= 11 is 0. The second-order valence-corrected chi connectivity index (χ2v) is 5.61. The van der Waals surface area contributed by atoms with Crippen LogP contribution in [0.3, 0.4) is 0 Å². The number of benzene rings is 1. The van der Waals surface area contributed by atoms with Crippen molar-refractivity contribution in [3.05, 3.63) is 77.0 Å². The van der Waals surface area contributed by atoms with Crippen molar-refractivity contribution in [1.29, 1.82) is 0 Å². The average Bonchev–Trinajstić information content (AvgIpc) is 3.10. The molecule has 128 valence electrons. The Bertz CT molecular complexity index is 917. The molecule has 3 rings (SSSR count). The molecule has 1 atom stereocenters. The molecule has 0 spiro atoms. The number of aromatic nitrogens is 3. The van der Waals surface area contributed by atoms with Crippen molar-refractivity contribution in [2.24, 2.45) is 0 Å². The summed E-state index contributed by atoms with van der Waals surface area (Å²) in [6, 6.07) is 10.5. The normalized spacial score (nSPS) is 11.9. The molecule has 0 amide bonds. The highest BCUT2D eigenvalue weighted by Gasteiger charge is 2.17. The van der Waals surface area contributed by atoms with Gasteiger partial charge in [-0.2, -0.15) is 5.10 Å². The first-order valence-electron chi connectivity index (χ1n) is 7.74. The van der Waals surface area contributed by atoms with Crippen LogP contribution in [-0.2, 0) is 6.54 Å². The molecule has 0 aliphatic rings. The number of hydrogen-bond donors (Lipinski definition) is 1. The maximum atomic E-state index is 12.4. The third-order valence-corrected chi connectivity index (χ3v) is 3.73. The molecule has 0 radical (unpaired) electrons. The van der Waals surface area contributed by atoms with Gasteiger partial charge in [0.15, 0.2) is 5.75 Å². The van der Waals surface area contributed by atoms with E-state index in [1.807, 2.05) is 25.3 Å². The molecule has 0 aliphatic heterocycles. The molecule has 0 fully saturated rings. The van der Waals surface area contributed by atoms with Gasteiger partial charge in [-0.15, -0.1) is 0 Å². The van der Waals surface area contributed by atoms with Crippen LogP contribution in [0.2, 0.25) is 0 Å². The second kappa shape index (κ2) is 7.04. The number of hydrogen-bond acceptors (Lipinski definition) is 4. The smallest absolute Gasteiger partial charge is 0.341 e. The first-order valence-corrected chi connectivity index (χ1v) is 7.74. The van der Waals surface area contributed by atoms with Crippen LogP contribution in [0.25, 0.3) is 0 Å². The Labute approximate surface area is 143 Å². The number of nitrogens with zero attached hydrogens (tertiary/aromatic N) is 3. The second-order valence-electron chi connectivity index (χ2n) is 5.61. The van der Waals surface area contributed by atoms with Gasteiger partial charge in [0.2, 0.25) is 5.43 Å². The zero-order valence-corrected chi connectivity index (χ0v) is 13.6. The molecule has 25 heavy (non-hydrogen) atoms. The molecule has 0 aliphatic carbocycles. The fourth-order valence-electron chi connectivity index (χ4n) is 2.44. The summed E-state index contributed by atoms with van der Waals surface area (Å²) in [5.74, 6) is -0.851. The predicted octanol–water partition coefficient (Wildman–Crippen LogP) is 2.80. The van der Waals surface area contributed by atoms with Crippen molar-refractivity contribution in [2.75, 3.05) is 0 Å². The van der Waals surface area contributed by atoms with E-state index in [4.69, 9.17) is 4.74 Å². The lowest BCUT2D eigenvalue weighted by atomic mass is 10.2. The fraction of sp³-hybridized carbons (Fsp3) is 0.167. The van der Waals surface area contributed by atoms with Gasteiger partial charge >= 0.3 is 5.97 Å². The van der Waals surface area contributed by atoms with Gasteiger partial charge in [-0.3, -0.25) is 9.48 Å². The minimum Gasteiger partial charge on any atom is -0.477 e. The molecule has 2 heterocycles. The quantitative estimate of drug-likeness (QED) is 0.746. The largest absolute Gasteiger partial charge is 0.477 e. The number of pyridine rings is 1. The van der Waals surface area contributed by atoms with E-state index in [-0.39, 0.29) is 17.4 Å². The van der Waals surface area contributed by atoms with Crippen LogP contribution in [0.15, 0.2) is 66.0 Å². The Balaban J connectivity index is 1.98. The number of aromatic carboxylic acids is 1. The van der Waals surface area contributed by atoms with Crippen molar-refractivity contribution < 1.29 is 14.6 Å². The molecular weight excluding hydrogens is 322 g/mol. The van der Waals surface area contributed by atoms with Crippen LogP contribution in [-0.4, -0.2) is 25.4 Å². The third kappa shape index (κ3) is 3.77. The third-order valence-electron chi connectivity index (χ3n) is 3.73. The molecule has 0 saturated carbocycles. The van der Waals surface area contributed by atoms with Crippen LogP contribution < -0.4 is 10.2 Å². The van der Waals surface area contributed by atoms with Gasteiger partial charge in [0, 0.05) is 18.6 Å². The van der Waals surface area contributed by atoms with Crippen molar-refractivity contribution in [3.63, 3.8) is 0 Å². The molecule has 2 aromatic heterocycles. The Morgan fingerprint density at radius 2 is 2.00 bits per heavy atom. The summed E-state index contributed by atoms with van der Waals surface area (Å²) in [7, 11) is 0. The van der Waals surface area contributed by atoms with E-state index in [2.05, 4.69) is 5.10 Å². The van der Waals surface area contributed by atoms with Gasteiger partial charge in [-0.05, 0) is 25.1 Å². The molecule has 7 heteroatoms. The summed E-state index contributed by atoms with van der Waals surface area (Å²) in [4.78, 5) is 23.8. The Morgan fingerprint density at radius 3 is 2.64 bits per heavy atom. The van der Waals surface area contributed by atoms with Crippen molar-refractivity contribution in [1.82, 2.24) is 14.3 Å². The molecule has 0 bridgehead atoms. The number of ether oxygens (including phenoxy) is 1. The monoisotopic (exact) mass is 339 g/mol. The number of carboxylic acid groups (broad SMARTS) is 1. The van der Waals surface area contributed by atoms with Gasteiger partial charge < -0.3 is 14.4 Å². The summed E-state index contributed by atoms with van der Waals surface area (Å²) < 4.78 is 9.00. The summed E-state index contributed by atoms with van der Waals surface area (Å²) in [6.45, 7) is 2.43. The molecule has 7 nitrogen and oxygen atoms in total. The van der Waals surface area contributed by atoms with Gasteiger partial charge in [-0.1, -0.05) is 18.2 Å². The van der Waals surface area contributed by atoms with Crippen LogP contribution in [0.5, 0.6) is 11.5 Å². The van der Waals surface area contributed by atoms with Crippen LogP contribution in [0.4, 0.5) is 0 Å². The summed E-state index contributed by atoms with van der Waals surface area (Å²) in [5.41, 5.74) is -0.986. The standard InChI is InChI=1S/C18H17N3O4/c1-13(10-21-9-5-8-19-21)20-11-15(18(23)24)17(22)16(12-20)25-14-6-3-2-4-7-14/h2-9,11-13H,10H2,1H3,(H,23,24). The Morgan fingerprint density at radius 1 is 1.24 bits per heavy atom. The average molecular weight is 339 g/mol. The fourth-order valence-corrected chi connectivity index (χ4v) is 2.44. The maximum Gasteiger partial charge on any atom is 0.341 e. The lowest BCUT2D eigenvalue weighted by Gasteiger charge is -2.18. The minimum atomic E-state index is -1.29. The maximum absolute atomic E-state index is 12.4. The molecule has 1 N–H and O–H groups in total. The zero-order chi connectivity index (χ0) is 17.8. The van der Waals surface area contributed by atoms with E-state index in [0.29, 0.717) is 12.3 Å². The highest BCUT2D eigenvalue weighted by molar-refractivity contribution is 5.87. The number of carboxylic acids is 1. The first kappa shape index (κ1) is 16.5. The van der Waals surface area contributed by atoms with E-state index < -0.39 is 11.4 Å². The van der Waals surface area contributed by atoms with Crippen molar-refractivity contribution in [2.45, 2.75) is 19.5 Å². The topological polar surface area (TPSA) is 86.4 Å². The molecule has 0 saturated heterocycles. The van der Waals surface area contributed by atoms with E-state index in [1.165, 1.54) is 12.4 Å². The van der Waals surface area contributed by atoms with Gasteiger partial charge in [-0.25, -0.2) is 4.79 Å².